The van der Waals surface area contributed by atoms with E-state index >= 15 is 0 Å². The van der Waals surface area contributed by atoms with Crippen LogP contribution < -0.4 is 5.32 Å². The van der Waals surface area contributed by atoms with Crippen LogP contribution in [0.4, 0.5) is 8.78 Å². The van der Waals surface area contributed by atoms with Crippen molar-refractivity contribution in [1.29, 1.82) is 0 Å². The van der Waals surface area contributed by atoms with Crippen LogP contribution in [0.15, 0.2) is 18.2 Å². The molecule has 0 radical (unpaired) electrons. The molecule has 0 bridgehead atoms. The van der Waals surface area contributed by atoms with E-state index in [4.69, 9.17) is 0 Å². The number of hydrogen-bond donors (Lipinski definition) is 1. The van der Waals surface area contributed by atoms with Crippen LogP contribution in [0.25, 0.3) is 0 Å². The number of nitrogens with one attached hydrogen (secondary N) is 1. The summed E-state index contributed by atoms with van der Waals surface area (Å²) in [6, 6.07) is 4.10. The van der Waals surface area contributed by atoms with Crippen molar-refractivity contribution in [1.82, 2.24) is 5.32 Å². The Labute approximate surface area is 108 Å². The van der Waals surface area contributed by atoms with Crippen LogP contribution in [0.2, 0.25) is 0 Å². The first kappa shape index (κ1) is 13.5. The third kappa shape index (κ3) is 4.05. The molecule has 3 heteroatoms. The van der Waals surface area contributed by atoms with Gasteiger partial charge in [-0.25, -0.2) is 8.78 Å². The Kier molecular flexibility index (Phi) is 5.12. The maximum Gasteiger partial charge on any atom is 0.127 e. The highest BCUT2D eigenvalue weighted by atomic mass is 19.1. The van der Waals surface area contributed by atoms with Crippen LogP contribution in [0.1, 0.15) is 50.5 Å². The summed E-state index contributed by atoms with van der Waals surface area (Å²) in [5.41, 5.74) is 0.428. The summed E-state index contributed by atoms with van der Waals surface area (Å²) in [6.07, 6.45) is 8.71. The largest absolute Gasteiger partial charge is 0.310 e. The second-order valence-electron chi connectivity index (χ2n) is 5.16. The van der Waals surface area contributed by atoms with Gasteiger partial charge in [-0.15, -0.1) is 0 Å². The van der Waals surface area contributed by atoms with E-state index in [0.29, 0.717) is 18.2 Å². The second kappa shape index (κ2) is 6.83. The fourth-order valence-electron chi connectivity index (χ4n) is 2.59. The first-order valence-corrected chi connectivity index (χ1v) is 6.93. The van der Waals surface area contributed by atoms with E-state index < -0.39 is 0 Å². The van der Waals surface area contributed by atoms with Crippen molar-refractivity contribution < 1.29 is 8.78 Å². The van der Waals surface area contributed by atoms with Crippen LogP contribution in [-0.2, 0) is 6.54 Å². The fraction of sp³-hybridized carbons (Fsp3) is 0.600. The van der Waals surface area contributed by atoms with E-state index in [2.05, 4.69) is 5.32 Å². The van der Waals surface area contributed by atoms with E-state index in [1.54, 1.807) is 0 Å². The Bertz CT molecular complexity index is 371. The van der Waals surface area contributed by atoms with Gasteiger partial charge in [0, 0.05) is 18.2 Å². The summed E-state index contributed by atoms with van der Waals surface area (Å²) < 4.78 is 26.5. The molecule has 18 heavy (non-hydrogen) atoms. The zero-order valence-corrected chi connectivity index (χ0v) is 10.7. The Hall–Kier alpha value is -0.960. The fourth-order valence-corrected chi connectivity index (χ4v) is 2.59. The number of hydrogen-bond acceptors (Lipinski definition) is 1. The molecule has 1 saturated carbocycles. The zero-order chi connectivity index (χ0) is 12.8. The minimum Gasteiger partial charge on any atom is -0.310 e. The van der Waals surface area contributed by atoms with Gasteiger partial charge in [-0.3, -0.25) is 0 Å². The molecule has 1 nitrogen and oxygen atoms in total. The smallest absolute Gasteiger partial charge is 0.127 e. The van der Waals surface area contributed by atoms with Gasteiger partial charge < -0.3 is 5.32 Å². The maximum atomic E-state index is 13.5. The molecule has 1 N–H and O–H groups in total. The minimum absolute atomic E-state index is 0.324. The molecule has 1 fully saturated rings. The molecule has 0 saturated heterocycles. The summed E-state index contributed by atoms with van der Waals surface area (Å²) in [5, 5.41) is 3.37. The Morgan fingerprint density at radius 2 is 1.67 bits per heavy atom. The van der Waals surface area contributed by atoms with Crippen molar-refractivity contribution in [3.63, 3.8) is 0 Å². The first-order valence-electron chi connectivity index (χ1n) is 6.93. The molecule has 0 unspecified atom stereocenters. The summed E-state index contributed by atoms with van der Waals surface area (Å²) in [7, 11) is 0. The Morgan fingerprint density at radius 1 is 1.00 bits per heavy atom. The van der Waals surface area contributed by atoms with Gasteiger partial charge in [0.05, 0.1) is 0 Å². The van der Waals surface area contributed by atoms with Crippen LogP contribution in [0, 0.1) is 11.6 Å². The first-order chi connectivity index (χ1) is 8.75. The normalized spacial score (nSPS) is 18.3. The van der Waals surface area contributed by atoms with Gasteiger partial charge in [0.25, 0.3) is 0 Å². The van der Waals surface area contributed by atoms with Crippen LogP contribution in [-0.4, -0.2) is 6.04 Å². The van der Waals surface area contributed by atoms with Crippen molar-refractivity contribution in [3.8, 4) is 0 Å². The lowest BCUT2D eigenvalue weighted by Gasteiger charge is -2.21. The number of halogens is 2. The highest BCUT2D eigenvalue weighted by molar-refractivity contribution is 5.18. The molecule has 0 heterocycles. The topological polar surface area (TPSA) is 12.0 Å². The van der Waals surface area contributed by atoms with Gasteiger partial charge in [0.2, 0.25) is 0 Å². The van der Waals surface area contributed by atoms with Gasteiger partial charge in [0.15, 0.2) is 0 Å². The molecule has 0 spiro atoms. The quantitative estimate of drug-likeness (QED) is 0.852. The average molecular weight is 253 g/mol. The Balaban J connectivity index is 1.87. The molecule has 2 rings (SSSR count). The van der Waals surface area contributed by atoms with E-state index in [0.717, 1.165) is 18.9 Å². The van der Waals surface area contributed by atoms with Gasteiger partial charge in [-0.1, -0.05) is 32.1 Å². The predicted octanol–water partition coefficient (Wildman–Crippen LogP) is 4.17. The molecular formula is C15H21F2N. The highest BCUT2D eigenvalue weighted by Crippen LogP contribution is 2.18. The molecule has 0 aliphatic heterocycles. The molecule has 0 atom stereocenters. The molecule has 1 aromatic carbocycles. The van der Waals surface area contributed by atoms with Crippen molar-refractivity contribution in [3.05, 3.63) is 35.4 Å². The third-order valence-corrected chi connectivity index (χ3v) is 3.69. The van der Waals surface area contributed by atoms with Crippen LogP contribution in [0.5, 0.6) is 0 Å². The van der Waals surface area contributed by atoms with Gasteiger partial charge in [-0.05, 0) is 31.0 Å². The monoisotopic (exact) mass is 253 g/mol. The van der Waals surface area contributed by atoms with E-state index in [1.807, 2.05) is 0 Å². The standard InChI is InChI=1S/C15H21F2N/c16-13-8-9-15(17)12(10-13)11-18-14-6-4-2-1-3-5-7-14/h8-10,14,18H,1-7,11H2. The lowest BCUT2D eigenvalue weighted by Crippen LogP contribution is -2.29. The van der Waals surface area contributed by atoms with Gasteiger partial charge >= 0.3 is 0 Å². The summed E-state index contributed by atoms with van der Waals surface area (Å²) >= 11 is 0. The number of rotatable bonds is 3. The molecule has 1 aliphatic rings. The van der Waals surface area contributed by atoms with Crippen LogP contribution in [0.3, 0.4) is 0 Å². The van der Waals surface area contributed by atoms with Crippen molar-refractivity contribution in [2.75, 3.05) is 0 Å². The lowest BCUT2D eigenvalue weighted by molar-refractivity contribution is 0.386. The molecule has 0 aromatic heterocycles. The predicted molar refractivity (Wildman–Crippen MR) is 69.3 cm³/mol. The van der Waals surface area contributed by atoms with E-state index in [9.17, 15) is 8.78 Å². The number of benzene rings is 1. The Morgan fingerprint density at radius 3 is 2.39 bits per heavy atom. The molecule has 1 aromatic rings. The van der Waals surface area contributed by atoms with Crippen LogP contribution >= 0.6 is 0 Å². The van der Waals surface area contributed by atoms with Gasteiger partial charge in [-0.2, -0.15) is 0 Å². The van der Waals surface area contributed by atoms with E-state index in [1.165, 1.54) is 44.2 Å². The second-order valence-corrected chi connectivity index (χ2v) is 5.16. The summed E-state index contributed by atoms with van der Waals surface area (Å²) in [5.74, 6) is -0.694. The summed E-state index contributed by atoms with van der Waals surface area (Å²) in [4.78, 5) is 0. The average Bonchev–Trinajstić information content (AvgIpc) is 2.32. The van der Waals surface area contributed by atoms with Gasteiger partial charge in [0.1, 0.15) is 11.6 Å². The minimum atomic E-state index is -0.370. The molecular weight excluding hydrogens is 232 g/mol. The highest BCUT2D eigenvalue weighted by Gasteiger charge is 2.12. The SMILES string of the molecule is Fc1ccc(F)c(CNC2CCCCCCC2)c1. The third-order valence-electron chi connectivity index (χ3n) is 3.69. The zero-order valence-electron chi connectivity index (χ0n) is 10.7. The summed E-state index contributed by atoms with van der Waals surface area (Å²) in [6.45, 7) is 0.425. The maximum absolute atomic E-state index is 13.5. The molecule has 0 amide bonds. The van der Waals surface area contributed by atoms with E-state index in [-0.39, 0.29) is 11.6 Å². The lowest BCUT2D eigenvalue weighted by atomic mass is 9.96. The van der Waals surface area contributed by atoms with Crippen molar-refractivity contribution in [2.45, 2.75) is 57.5 Å². The van der Waals surface area contributed by atoms with Crippen molar-refractivity contribution in [2.24, 2.45) is 0 Å². The van der Waals surface area contributed by atoms with Crippen molar-refractivity contribution >= 4 is 0 Å². The molecule has 100 valence electrons. The molecule has 1 aliphatic carbocycles.